The predicted molar refractivity (Wildman–Crippen MR) is 78.3 cm³/mol. The Morgan fingerprint density at radius 1 is 1.00 bits per heavy atom. The van der Waals surface area contributed by atoms with Crippen molar-refractivity contribution in [3.05, 3.63) is 62.5 Å². The Kier molecular flexibility index (Phi) is 4.19. The molecule has 0 spiro atoms. The van der Waals surface area contributed by atoms with Gasteiger partial charge in [0.25, 0.3) is 0 Å². The second-order valence-corrected chi connectivity index (χ2v) is 5.55. The van der Waals surface area contributed by atoms with E-state index in [1.54, 1.807) is 37.4 Å². The van der Waals surface area contributed by atoms with Gasteiger partial charge in [-0.25, -0.2) is 0 Å². The third kappa shape index (κ3) is 3.00. The molecule has 0 N–H and O–H groups in total. The molecule has 0 heterocycles. The third-order valence-electron chi connectivity index (χ3n) is 2.46. The Bertz CT molecular complexity index is 574. The van der Waals surface area contributed by atoms with E-state index in [9.17, 15) is 4.79 Å². The average molecular weight is 370 g/mol. The maximum Gasteiger partial charge on any atom is 0.193 e. The second-order valence-electron chi connectivity index (χ2n) is 3.72. The van der Waals surface area contributed by atoms with E-state index < -0.39 is 0 Å². The van der Waals surface area contributed by atoms with Crippen LogP contribution in [0, 0.1) is 0 Å². The van der Waals surface area contributed by atoms with Crippen molar-refractivity contribution < 1.29 is 9.53 Å². The van der Waals surface area contributed by atoms with Crippen molar-refractivity contribution in [1.82, 2.24) is 0 Å². The lowest BCUT2D eigenvalue weighted by molar-refractivity contribution is 0.103. The predicted octanol–water partition coefficient (Wildman–Crippen LogP) is 4.45. The molecule has 2 aromatic carbocycles. The van der Waals surface area contributed by atoms with Crippen LogP contribution in [-0.2, 0) is 0 Å². The number of methoxy groups -OCH3 is 1. The van der Waals surface area contributed by atoms with Crippen molar-refractivity contribution >= 4 is 37.6 Å². The highest BCUT2D eigenvalue weighted by atomic mass is 79.9. The van der Waals surface area contributed by atoms with Gasteiger partial charge in [-0.3, -0.25) is 4.79 Å². The molecule has 0 aliphatic carbocycles. The van der Waals surface area contributed by atoms with Crippen molar-refractivity contribution in [2.24, 2.45) is 0 Å². The van der Waals surface area contributed by atoms with E-state index in [1.165, 1.54) is 0 Å². The molecule has 0 fully saturated rings. The van der Waals surface area contributed by atoms with Crippen molar-refractivity contribution in [2.75, 3.05) is 7.11 Å². The number of rotatable bonds is 3. The first-order valence-electron chi connectivity index (χ1n) is 5.25. The van der Waals surface area contributed by atoms with Gasteiger partial charge in [0.2, 0.25) is 0 Å². The minimum absolute atomic E-state index is 0.0316. The molecule has 0 atom stereocenters. The maximum atomic E-state index is 12.3. The summed E-state index contributed by atoms with van der Waals surface area (Å²) in [5.74, 6) is 0.644. The van der Waals surface area contributed by atoms with Crippen molar-refractivity contribution in [3.8, 4) is 5.75 Å². The molecule has 92 valence electrons. The summed E-state index contributed by atoms with van der Waals surface area (Å²) in [4.78, 5) is 12.3. The summed E-state index contributed by atoms with van der Waals surface area (Å²) in [6.45, 7) is 0. The van der Waals surface area contributed by atoms with Crippen LogP contribution < -0.4 is 4.74 Å². The molecule has 4 heteroatoms. The van der Waals surface area contributed by atoms with E-state index in [4.69, 9.17) is 4.74 Å². The summed E-state index contributed by atoms with van der Waals surface area (Å²) in [5, 5.41) is 0. The fourth-order valence-corrected chi connectivity index (χ4v) is 2.91. The van der Waals surface area contributed by atoms with Gasteiger partial charge < -0.3 is 4.74 Å². The molecule has 18 heavy (non-hydrogen) atoms. The molecule has 0 bridgehead atoms. The van der Waals surface area contributed by atoms with Crippen molar-refractivity contribution in [1.29, 1.82) is 0 Å². The Balaban J connectivity index is 2.41. The van der Waals surface area contributed by atoms with Crippen LogP contribution in [0.2, 0.25) is 0 Å². The van der Waals surface area contributed by atoms with Gasteiger partial charge in [-0.1, -0.05) is 44.0 Å². The zero-order chi connectivity index (χ0) is 13.1. The van der Waals surface area contributed by atoms with Gasteiger partial charge in [-0.05, 0) is 30.3 Å². The molecule has 2 aromatic rings. The number of hydrogen-bond acceptors (Lipinski definition) is 2. The highest BCUT2D eigenvalue weighted by Gasteiger charge is 2.11. The summed E-state index contributed by atoms with van der Waals surface area (Å²) in [7, 11) is 1.58. The van der Waals surface area contributed by atoms with Crippen molar-refractivity contribution in [2.45, 2.75) is 0 Å². The molecule has 2 rings (SSSR count). The summed E-state index contributed by atoms with van der Waals surface area (Å²) < 4.78 is 6.85. The fraction of sp³-hybridized carbons (Fsp3) is 0.0714. The molecule has 0 amide bonds. The highest BCUT2D eigenvalue weighted by molar-refractivity contribution is 9.11. The molecular formula is C14H10Br2O2. The molecule has 0 saturated heterocycles. The Labute approximate surface area is 122 Å². The highest BCUT2D eigenvalue weighted by Crippen LogP contribution is 2.23. The van der Waals surface area contributed by atoms with Crippen LogP contribution in [0.3, 0.4) is 0 Å². The quantitative estimate of drug-likeness (QED) is 0.747. The Morgan fingerprint density at radius 3 is 2.28 bits per heavy atom. The van der Waals surface area contributed by atoms with Gasteiger partial charge in [0, 0.05) is 20.1 Å². The number of carbonyl (C=O) groups excluding carboxylic acids is 1. The van der Waals surface area contributed by atoms with E-state index in [2.05, 4.69) is 31.9 Å². The molecule has 0 aliphatic heterocycles. The van der Waals surface area contributed by atoms with E-state index in [0.717, 1.165) is 8.95 Å². The number of ketones is 1. The maximum absolute atomic E-state index is 12.3. The van der Waals surface area contributed by atoms with Crippen LogP contribution in [0.15, 0.2) is 51.4 Å². The summed E-state index contributed by atoms with van der Waals surface area (Å²) >= 11 is 6.75. The van der Waals surface area contributed by atoms with Crippen LogP contribution in [0.1, 0.15) is 15.9 Å². The standard InChI is InChI=1S/C14H10Br2O2/c1-18-13-4-2-3-9(7-13)14(17)10-5-11(15)8-12(16)6-10/h2-8H,1H3. The topological polar surface area (TPSA) is 26.3 Å². The molecule has 0 aromatic heterocycles. The minimum Gasteiger partial charge on any atom is -0.497 e. The molecular weight excluding hydrogens is 360 g/mol. The van der Waals surface area contributed by atoms with Crippen LogP contribution in [0.4, 0.5) is 0 Å². The summed E-state index contributed by atoms with van der Waals surface area (Å²) in [6.07, 6.45) is 0. The molecule has 0 radical (unpaired) electrons. The SMILES string of the molecule is COc1cccc(C(=O)c2cc(Br)cc(Br)c2)c1. The molecule has 0 aliphatic rings. The van der Waals surface area contributed by atoms with Crippen LogP contribution in [0.5, 0.6) is 5.75 Å². The molecule has 0 saturated carbocycles. The van der Waals surface area contributed by atoms with E-state index in [1.807, 2.05) is 12.1 Å². The smallest absolute Gasteiger partial charge is 0.193 e. The normalized spacial score (nSPS) is 10.2. The van der Waals surface area contributed by atoms with E-state index >= 15 is 0 Å². The van der Waals surface area contributed by atoms with Gasteiger partial charge in [-0.15, -0.1) is 0 Å². The number of ether oxygens (including phenoxy) is 1. The lowest BCUT2D eigenvalue weighted by Gasteiger charge is -2.05. The Hall–Kier alpha value is -1.13. The van der Waals surface area contributed by atoms with Gasteiger partial charge in [0.1, 0.15) is 5.75 Å². The zero-order valence-electron chi connectivity index (χ0n) is 9.61. The second kappa shape index (κ2) is 5.67. The zero-order valence-corrected chi connectivity index (χ0v) is 12.8. The first-order chi connectivity index (χ1) is 8.60. The van der Waals surface area contributed by atoms with Gasteiger partial charge in [0.15, 0.2) is 5.78 Å². The number of carbonyl (C=O) groups is 1. The van der Waals surface area contributed by atoms with E-state index in [-0.39, 0.29) is 5.78 Å². The first-order valence-corrected chi connectivity index (χ1v) is 6.83. The minimum atomic E-state index is -0.0316. The number of hydrogen-bond donors (Lipinski definition) is 0. The van der Waals surface area contributed by atoms with Crippen LogP contribution >= 0.6 is 31.9 Å². The van der Waals surface area contributed by atoms with Crippen molar-refractivity contribution in [3.63, 3.8) is 0 Å². The lowest BCUT2D eigenvalue weighted by atomic mass is 10.0. The van der Waals surface area contributed by atoms with E-state index in [0.29, 0.717) is 16.9 Å². The van der Waals surface area contributed by atoms with Gasteiger partial charge in [-0.2, -0.15) is 0 Å². The fourth-order valence-electron chi connectivity index (χ4n) is 1.62. The summed E-state index contributed by atoms with van der Waals surface area (Å²) in [6, 6.07) is 12.6. The number of halogens is 2. The lowest BCUT2D eigenvalue weighted by Crippen LogP contribution is -2.01. The molecule has 2 nitrogen and oxygen atoms in total. The monoisotopic (exact) mass is 368 g/mol. The van der Waals surface area contributed by atoms with Gasteiger partial charge in [0.05, 0.1) is 7.11 Å². The Morgan fingerprint density at radius 2 is 1.67 bits per heavy atom. The average Bonchev–Trinajstić information content (AvgIpc) is 2.37. The molecule has 0 unspecified atom stereocenters. The number of benzene rings is 2. The van der Waals surface area contributed by atoms with Crippen LogP contribution in [0.25, 0.3) is 0 Å². The first kappa shape index (κ1) is 13.3. The van der Waals surface area contributed by atoms with Crippen LogP contribution in [-0.4, -0.2) is 12.9 Å². The largest absolute Gasteiger partial charge is 0.497 e. The van der Waals surface area contributed by atoms with Gasteiger partial charge >= 0.3 is 0 Å². The summed E-state index contributed by atoms with van der Waals surface area (Å²) in [5.41, 5.74) is 1.24. The third-order valence-corrected chi connectivity index (χ3v) is 3.37.